The number of ether oxygens (including phenoxy) is 2. The van der Waals surface area contributed by atoms with Gasteiger partial charge in [0.1, 0.15) is 0 Å². The molecule has 0 atom stereocenters. The van der Waals surface area contributed by atoms with E-state index in [9.17, 15) is 9.59 Å². The van der Waals surface area contributed by atoms with Crippen molar-refractivity contribution >= 4 is 17.6 Å². The molecule has 0 saturated carbocycles. The molecule has 0 spiro atoms. The number of hydrogen-bond donors (Lipinski definition) is 2. The molecule has 0 radical (unpaired) electrons. The molecular formula is C18H19NO5. The lowest BCUT2D eigenvalue weighted by molar-refractivity contribution is -0.116. The molecule has 24 heavy (non-hydrogen) atoms. The van der Waals surface area contributed by atoms with Gasteiger partial charge in [0.05, 0.1) is 19.8 Å². The zero-order valence-corrected chi connectivity index (χ0v) is 13.5. The molecule has 6 heteroatoms. The van der Waals surface area contributed by atoms with Crippen molar-refractivity contribution in [3.63, 3.8) is 0 Å². The smallest absolute Gasteiger partial charge is 0.335 e. The maximum absolute atomic E-state index is 12.0. The number of aromatic carboxylic acids is 1. The van der Waals surface area contributed by atoms with Crippen LogP contribution in [-0.2, 0) is 11.2 Å². The first kappa shape index (κ1) is 17.3. The van der Waals surface area contributed by atoms with Gasteiger partial charge >= 0.3 is 5.97 Å². The summed E-state index contributed by atoms with van der Waals surface area (Å²) >= 11 is 0. The topological polar surface area (TPSA) is 84.9 Å². The van der Waals surface area contributed by atoms with Crippen LogP contribution >= 0.6 is 0 Å². The van der Waals surface area contributed by atoms with Crippen LogP contribution in [-0.4, -0.2) is 31.2 Å². The molecule has 0 fully saturated rings. The van der Waals surface area contributed by atoms with E-state index in [2.05, 4.69) is 5.32 Å². The number of amides is 1. The van der Waals surface area contributed by atoms with Gasteiger partial charge in [0, 0.05) is 12.1 Å². The predicted octanol–water partition coefficient (Wildman–Crippen LogP) is 2.97. The van der Waals surface area contributed by atoms with Crippen LogP contribution in [0.1, 0.15) is 22.3 Å². The average Bonchev–Trinajstić information content (AvgIpc) is 2.60. The van der Waals surface area contributed by atoms with Gasteiger partial charge in [-0.05, 0) is 48.4 Å². The van der Waals surface area contributed by atoms with Crippen molar-refractivity contribution < 1.29 is 24.2 Å². The first-order valence-electron chi connectivity index (χ1n) is 7.37. The van der Waals surface area contributed by atoms with Crippen LogP contribution in [0.5, 0.6) is 11.5 Å². The fourth-order valence-electron chi connectivity index (χ4n) is 2.21. The van der Waals surface area contributed by atoms with Crippen LogP contribution in [0.4, 0.5) is 5.69 Å². The third-order valence-electron chi connectivity index (χ3n) is 3.50. The molecule has 2 rings (SSSR count). The minimum absolute atomic E-state index is 0.146. The maximum atomic E-state index is 12.0. The van der Waals surface area contributed by atoms with E-state index in [4.69, 9.17) is 14.6 Å². The van der Waals surface area contributed by atoms with Crippen LogP contribution < -0.4 is 14.8 Å². The SMILES string of the molecule is COc1ccc(CCC(=O)Nc2ccc(C(=O)O)cc2)cc1OC. The van der Waals surface area contributed by atoms with Crippen LogP contribution in [0.3, 0.4) is 0 Å². The number of carbonyl (C=O) groups excluding carboxylic acids is 1. The quantitative estimate of drug-likeness (QED) is 0.816. The highest BCUT2D eigenvalue weighted by molar-refractivity contribution is 5.92. The molecule has 0 aliphatic heterocycles. The Balaban J connectivity index is 1.92. The van der Waals surface area contributed by atoms with E-state index in [0.29, 0.717) is 30.0 Å². The minimum atomic E-state index is -0.999. The molecule has 2 aromatic carbocycles. The van der Waals surface area contributed by atoms with Gasteiger partial charge in [-0.2, -0.15) is 0 Å². The Morgan fingerprint density at radius 2 is 1.67 bits per heavy atom. The van der Waals surface area contributed by atoms with E-state index in [1.165, 1.54) is 12.1 Å². The number of carbonyl (C=O) groups is 2. The summed E-state index contributed by atoms with van der Waals surface area (Å²) in [7, 11) is 3.13. The third-order valence-corrected chi connectivity index (χ3v) is 3.50. The highest BCUT2D eigenvalue weighted by atomic mass is 16.5. The Kier molecular flexibility index (Phi) is 5.78. The summed E-state index contributed by atoms with van der Waals surface area (Å²) in [6, 6.07) is 11.6. The van der Waals surface area contributed by atoms with Gasteiger partial charge in [-0.25, -0.2) is 4.79 Å². The highest BCUT2D eigenvalue weighted by Gasteiger charge is 2.08. The van der Waals surface area contributed by atoms with Gasteiger partial charge in [0.15, 0.2) is 11.5 Å². The number of aryl methyl sites for hydroxylation is 1. The average molecular weight is 329 g/mol. The molecule has 0 aliphatic rings. The number of hydrogen-bond acceptors (Lipinski definition) is 4. The summed E-state index contributed by atoms with van der Waals surface area (Å²) in [4.78, 5) is 22.8. The lowest BCUT2D eigenvalue weighted by Crippen LogP contribution is -2.12. The number of methoxy groups -OCH3 is 2. The standard InChI is InChI=1S/C18H19NO5/c1-23-15-9-3-12(11-16(15)24-2)4-10-17(20)19-14-7-5-13(6-8-14)18(21)22/h3,5-9,11H,4,10H2,1-2H3,(H,19,20)(H,21,22). The maximum Gasteiger partial charge on any atom is 0.335 e. The van der Waals surface area contributed by atoms with E-state index in [0.717, 1.165) is 5.56 Å². The minimum Gasteiger partial charge on any atom is -0.493 e. The van der Waals surface area contributed by atoms with Gasteiger partial charge < -0.3 is 19.9 Å². The molecule has 0 bridgehead atoms. The van der Waals surface area contributed by atoms with Crippen molar-refractivity contribution in [3.05, 3.63) is 53.6 Å². The van der Waals surface area contributed by atoms with Crippen LogP contribution in [0.25, 0.3) is 0 Å². The Bertz CT molecular complexity index is 725. The molecule has 0 saturated heterocycles. The predicted molar refractivity (Wildman–Crippen MR) is 89.9 cm³/mol. The van der Waals surface area contributed by atoms with Gasteiger partial charge in [-0.15, -0.1) is 0 Å². The molecule has 0 unspecified atom stereocenters. The van der Waals surface area contributed by atoms with Crippen molar-refractivity contribution in [3.8, 4) is 11.5 Å². The van der Waals surface area contributed by atoms with E-state index in [-0.39, 0.29) is 11.5 Å². The first-order valence-corrected chi connectivity index (χ1v) is 7.37. The number of anilines is 1. The van der Waals surface area contributed by atoms with Crippen molar-refractivity contribution in [1.82, 2.24) is 0 Å². The van der Waals surface area contributed by atoms with Crippen LogP contribution in [0, 0.1) is 0 Å². The zero-order chi connectivity index (χ0) is 17.5. The monoisotopic (exact) mass is 329 g/mol. The van der Waals surface area contributed by atoms with Crippen molar-refractivity contribution in [1.29, 1.82) is 0 Å². The lowest BCUT2D eigenvalue weighted by atomic mass is 10.1. The summed E-state index contributed by atoms with van der Waals surface area (Å²) in [5.41, 5.74) is 1.71. The third kappa shape index (κ3) is 4.49. The molecule has 6 nitrogen and oxygen atoms in total. The molecular weight excluding hydrogens is 310 g/mol. The fraction of sp³-hybridized carbons (Fsp3) is 0.222. The van der Waals surface area contributed by atoms with Crippen LogP contribution in [0.15, 0.2) is 42.5 Å². The largest absolute Gasteiger partial charge is 0.493 e. The highest BCUT2D eigenvalue weighted by Crippen LogP contribution is 2.28. The Morgan fingerprint density at radius 3 is 2.25 bits per heavy atom. The van der Waals surface area contributed by atoms with E-state index in [1.807, 2.05) is 12.1 Å². The molecule has 0 aliphatic carbocycles. The number of nitrogens with one attached hydrogen (secondary N) is 1. The van der Waals surface area contributed by atoms with Crippen molar-refractivity contribution in [2.45, 2.75) is 12.8 Å². The zero-order valence-electron chi connectivity index (χ0n) is 13.5. The number of carboxylic acid groups (broad SMARTS) is 1. The molecule has 1 amide bonds. The Hall–Kier alpha value is -3.02. The summed E-state index contributed by atoms with van der Waals surface area (Å²) in [6.07, 6.45) is 0.857. The van der Waals surface area contributed by atoms with Gasteiger partial charge in [-0.1, -0.05) is 6.07 Å². The van der Waals surface area contributed by atoms with Gasteiger partial charge in [0.2, 0.25) is 5.91 Å². The fourth-order valence-corrected chi connectivity index (χ4v) is 2.21. The van der Waals surface area contributed by atoms with E-state index < -0.39 is 5.97 Å². The summed E-state index contributed by atoms with van der Waals surface area (Å²) in [6.45, 7) is 0. The molecule has 0 aromatic heterocycles. The normalized spacial score (nSPS) is 10.1. The second kappa shape index (κ2) is 8.01. The molecule has 0 heterocycles. The number of benzene rings is 2. The molecule has 126 valence electrons. The van der Waals surface area contributed by atoms with Gasteiger partial charge in [-0.3, -0.25) is 4.79 Å². The van der Waals surface area contributed by atoms with Gasteiger partial charge in [0.25, 0.3) is 0 Å². The second-order valence-electron chi connectivity index (χ2n) is 5.12. The van der Waals surface area contributed by atoms with E-state index in [1.54, 1.807) is 32.4 Å². The first-order chi connectivity index (χ1) is 11.5. The summed E-state index contributed by atoms with van der Waals surface area (Å²) in [5, 5.41) is 11.6. The summed E-state index contributed by atoms with van der Waals surface area (Å²) in [5.74, 6) is 0.123. The lowest BCUT2D eigenvalue weighted by Gasteiger charge is -2.10. The van der Waals surface area contributed by atoms with Crippen molar-refractivity contribution in [2.24, 2.45) is 0 Å². The Labute approximate surface area is 140 Å². The molecule has 2 N–H and O–H groups in total. The number of carboxylic acids is 1. The van der Waals surface area contributed by atoms with Crippen molar-refractivity contribution in [2.75, 3.05) is 19.5 Å². The number of rotatable bonds is 7. The Morgan fingerprint density at radius 1 is 1.00 bits per heavy atom. The van der Waals surface area contributed by atoms with Crippen LogP contribution in [0.2, 0.25) is 0 Å². The molecule has 2 aromatic rings. The summed E-state index contributed by atoms with van der Waals surface area (Å²) < 4.78 is 10.4. The van der Waals surface area contributed by atoms with E-state index >= 15 is 0 Å². The second-order valence-corrected chi connectivity index (χ2v) is 5.12.